The van der Waals surface area contributed by atoms with Crippen molar-refractivity contribution in [3.8, 4) is 16.9 Å². The fraction of sp³-hybridized carbons (Fsp3) is 0.280. The molecule has 2 heterocycles. The Hall–Kier alpha value is -3.39. The van der Waals surface area contributed by atoms with Gasteiger partial charge >= 0.3 is 5.97 Å². The minimum atomic E-state index is -3.37. The Labute approximate surface area is 192 Å². The number of benzene rings is 2. The maximum absolute atomic E-state index is 12.9. The quantitative estimate of drug-likeness (QED) is 0.437. The summed E-state index contributed by atoms with van der Waals surface area (Å²) in [6, 6.07) is 14.3. The summed E-state index contributed by atoms with van der Waals surface area (Å²) in [5, 5.41) is 0. The van der Waals surface area contributed by atoms with E-state index >= 15 is 0 Å². The van der Waals surface area contributed by atoms with E-state index in [-0.39, 0.29) is 16.9 Å². The lowest BCUT2D eigenvalue weighted by molar-refractivity contribution is -0.134. The van der Waals surface area contributed by atoms with E-state index in [1.807, 2.05) is 12.1 Å². The standard InChI is InChI=1S/C25H26N2O5S/c1-25(2,3)16-13-19(18-6-5-11-26-23(18)28)22-20(14-16)21(24(29)32-22)12-15-7-9-17(10-8-15)27-33(4,30)31/h5-11,13-14,21,27H,12H2,1-4H3,(H,26,28). The number of aromatic amines is 1. The Kier molecular flexibility index (Phi) is 5.66. The smallest absolute Gasteiger partial charge is 0.319 e. The van der Waals surface area contributed by atoms with Crippen LogP contribution in [0, 0.1) is 0 Å². The fourth-order valence-electron chi connectivity index (χ4n) is 3.94. The zero-order valence-electron chi connectivity index (χ0n) is 18.9. The first kappa shape index (κ1) is 22.8. The highest BCUT2D eigenvalue weighted by atomic mass is 32.2. The predicted octanol–water partition coefficient (Wildman–Crippen LogP) is 3.96. The molecule has 0 saturated heterocycles. The Balaban J connectivity index is 1.76. The van der Waals surface area contributed by atoms with E-state index in [0.717, 1.165) is 22.9 Å². The van der Waals surface area contributed by atoms with Gasteiger partial charge in [0.2, 0.25) is 10.0 Å². The van der Waals surface area contributed by atoms with E-state index < -0.39 is 15.9 Å². The summed E-state index contributed by atoms with van der Waals surface area (Å²) in [7, 11) is -3.37. The van der Waals surface area contributed by atoms with Crippen LogP contribution in [0.5, 0.6) is 5.75 Å². The molecular weight excluding hydrogens is 440 g/mol. The largest absolute Gasteiger partial charge is 0.425 e. The van der Waals surface area contributed by atoms with Gasteiger partial charge in [0.15, 0.2) is 0 Å². The lowest BCUT2D eigenvalue weighted by Crippen LogP contribution is -2.14. The number of carbonyl (C=O) groups is 1. The molecule has 33 heavy (non-hydrogen) atoms. The van der Waals surface area contributed by atoms with Gasteiger partial charge in [-0.2, -0.15) is 0 Å². The third-order valence-electron chi connectivity index (χ3n) is 5.65. The van der Waals surface area contributed by atoms with E-state index in [1.165, 1.54) is 0 Å². The number of anilines is 1. The van der Waals surface area contributed by atoms with Crippen molar-refractivity contribution in [2.45, 2.75) is 38.5 Å². The molecule has 1 aliphatic rings. The van der Waals surface area contributed by atoms with Crippen LogP contribution in [-0.2, 0) is 26.7 Å². The van der Waals surface area contributed by atoms with Crippen molar-refractivity contribution in [3.05, 3.63) is 81.8 Å². The normalized spacial score (nSPS) is 15.8. The van der Waals surface area contributed by atoms with Crippen LogP contribution in [0.2, 0.25) is 0 Å². The number of aromatic nitrogens is 1. The molecule has 172 valence electrons. The number of fused-ring (bicyclic) bond motifs is 1. The summed E-state index contributed by atoms with van der Waals surface area (Å²) in [5.74, 6) is -0.481. The summed E-state index contributed by atoms with van der Waals surface area (Å²) in [6.07, 6.45) is 3.05. The van der Waals surface area contributed by atoms with Crippen LogP contribution in [0.15, 0.2) is 59.5 Å². The average molecular weight is 467 g/mol. The summed E-state index contributed by atoms with van der Waals surface area (Å²) in [4.78, 5) is 28.1. The van der Waals surface area contributed by atoms with Gasteiger partial charge in [-0.3, -0.25) is 14.3 Å². The molecule has 0 saturated carbocycles. The van der Waals surface area contributed by atoms with E-state index in [4.69, 9.17) is 4.74 Å². The molecule has 8 heteroatoms. The highest BCUT2D eigenvalue weighted by molar-refractivity contribution is 7.92. The second-order valence-corrected chi connectivity index (χ2v) is 11.1. The summed E-state index contributed by atoms with van der Waals surface area (Å²) in [6.45, 7) is 6.23. The Morgan fingerprint density at radius 2 is 1.73 bits per heavy atom. The van der Waals surface area contributed by atoms with Crippen molar-refractivity contribution >= 4 is 21.7 Å². The molecular formula is C25H26N2O5S. The van der Waals surface area contributed by atoms with Gasteiger partial charge < -0.3 is 9.72 Å². The third kappa shape index (κ3) is 4.85. The first-order valence-corrected chi connectivity index (χ1v) is 12.5. The zero-order chi connectivity index (χ0) is 24.0. The average Bonchev–Trinajstić information content (AvgIpc) is 3.03. The molecule has 7 nitrogen and oxygen atoms in total. The van der Waals surface area contributed by atoms with Gasteiger partial charge in [-0.25, -0.2) is 8.42 Å². The SMILES string of the molecule is CC(C)(C)c1cc(-c2ccc[nH]c2=O)c2c(c1)C(Cc1ccc(NS(C)(=O)=O)cc1)C(=O)O2. The summed E-state index contributed by atoms with van der Waals surface area (Å²) in [5.41, 5.74) is 3.66. The second-order valence-electron chi connectivity index (χ2n) is 9.35. The van der Waals surface area contributed by atoms with E-state index in [1.54, 1.807) is 42.6 Å². The Bertz CT molecular complexity index is 1380. The molecule has 2 aromatic carbocycles. The molecule has 1 atom stereocenters. The molecule has 2 N–H and O–H groups in total. The van der Waals surface area contributed by atoms with Crippen molar-refractivity contribution in [2.75, 3.05) is 11.0 Å². The van der Waals surface area contributed by atoms with Crippen LogP contribution < -0.4 is 15.0 Å². The Morgan fingerprint density at radius 3 is 2.33 bits per heavy atom. The molecule has 0 spiro atoms. The van der Waals surface area contributed by atoms with Crippen LogP contribution in [0.1, 0.15) is 43.4 Å². The van der Waals surface area contributed by atoms with Crippen LogP contribution in [-0.4, -0.2) is 25.6 Å². The molecule has 0 amide bonds. The highest BCUT2D eigenvalue weighted by Gasteiger charge is 2.37. The predicted molar refractivity (Wildman–Crippen MR) is 128 cm³/mol. The number of H-pyrrole nitrogens is 1. The number of nitrogens with one attached hydrogen (secondary N) is 2. The van der Waals surface area contributed by atoms with Crippen LogP contribution >= 0.6 is 0 Å². The van der Waals surface area contributed by atoms with E-state index in [2.05, 4.69) is 30.5 Å². The lowest BCUT2D eigenvalue weighted by Gasteiger charge is -2.22. The summed E-state index contributed by atoms with van der Waals surface area (Å²) >= 11 is 0. The number of sulfonamides is 1. The first-order chi connectivity index (χ1) is 15.4. The van der Waals surface area contributed by atoms with Gasteiger partial charge in [-0.05, 0) is 53.3 Å². The van der Waals surface area contributed by atoms with Gasteiger partial charge in [-0.15, -0.1) is 0 Å². The molecule has 0 fully saturated rings. The third-order valence-corrected chi connectivity index (χ3v) is 6.26. The van der Waals surface area contributed by atoms with Gasteiger partial charge in [0.05, 0.1) is 17.7 Å². The van der Waals surface area contributed by atoms with Crippen LogP contribution in [0.3, 0.4) is 0 Å². The maximum Gasteiger partial charge on any atom is 0.319 e. The van der Waals surface area contributed by atoms with Gasteiger partial charge in [0.1, 0.15) is 5.75 Å². The first-order valence-electron chi connectivity index (χ1n) is 10.6. The van der Waals surface area contributed by atoms with Crippen LogP contribution in [0.25, 0.3) is 11.1 Å². The number of carbonyl (C=O) groups excluding carboxylic acids is 1. The second kappa shape index (κ2) is 8.19. The lowest BCUT2D eigenvalue weighted by atomic mass is 9.81. The monoisotopic (exact) mass is 466 g/mol. The molecule has 0 aliphatic carbocycles. The Morgan fingerprint density at radius 1 is 1.03 bits per heavy atom. The molecule has 1 aromatic heterocycles. The number of rotatable bonds is 5. The number of esters is 1. The molecule has 0 radical (unpaired) electrons. The zero-order valence-corrected chi connectivity index (χ0v) is 19.7. The van der Waals surface area contributed by atoms with Crippen molar-refractivity contribution in [3.63, 3.8) is 0 Å². The number of hydrogen-bond donors (Lipinski definition) is 2. The van der Waals surface area contributed by atoms with Crippen LogP contribution in [0.4, 0.5) is 5.69 Å². The molecule has 1 unspecified atom stereocenters. The van der Waals surface area contributed by atoms with Crippen molar-refractivity contribution in [1.29, 1.82) is 0 Å². The number of ether oxygens (including phenoxy) is 1. The minimum Gasteiger partial charge on any atom is -0.425 e. The van der Waals surface area contributed by atoms with E-state index in [0.29, 0.717) is 29.0 Å². The topological polar surface area (TPSA) is 105 Å². The fourth-order valence-corrected chi connectivity index (χ4v) is 4.51. The number of pyridine rings is 1. The van der Waals surface area contributed by atoms with Crippen molar-refractivity contribution in [2.24, 2.45) is 0 Å². The highest BCUT2D eigenvalue weighted by Crippen LogP contribution is 2.45. The molecule has 4 rings (SSSR count). The van der Waals surface area contributed by atoms with Crippen molar-refractivity contribution < 1.29 is 17.9 Å². The van der Waals surface area contributed by atoms with Gasteiger partial charge in [-0.1, -0.05) is 39.0 Å². The van der Waals surface area contributed by atoms with Gasteiger partial charge in [0, 0.05) is 23.0 Å². The summed E-state index contributed by atoms with van der Waals surface area (Å²) < 4.78 is 31.0. The molecule has 0 bridgehead atoms. The molecule has 3 aromatic rings. The molecule has 1 aliphatic heterocycles. The number of hydrogen-bond acceptors (Lipinski definition) is 5. The van der Waals surface area contributed by atoms with Crippen molar-refractivity contribution in [1.82, 2.24) is 4.98 Å². The van der Waals surface area contributed by atoms with Gasteiger partial charge in [0.25, 0.3) is 5.56 Å². The minimum absolute atomic E-state index is 0.208. The van der Waals surface area contributed by atoms with E-state index in [9.17, 15) is 18.0 Å². The maximum atomic E-state index is 12.9.